The first-order chi connectivity index (χ1) is 13.5. The number of carbonyl (C=O) groups is 3. The number of halogens is 2. The zero-order valence-electron chi connectivity index (χ0n) is 14.8. The van der Waals surface area contributed by atoms with Crippen LogP contribution in [0.5, 0.6) is 0 Å². The molecule has 1 aliphatic heterocycles. The lowest BCUT2D eigenvalue weighted by Gasteiger charge is -2.29. The molecule has 1 saturated carbocycles. The van der Waals surface area contributed by atoms with Gasteiger partial charge < -0.3 is 5.32 Å². The molecule has 4 rings (SSSR count). The monoisotopic (exact) mass is 504 g/mol. The van der Waals surface area contributed by atoms with Gasteiger partial charge in [0.15, 0.2) is 0 Å². The van der Waals surface area contributed by atoms with Gasteiger partial charge in [0, 0.05) is 20.9 Å². The standard InChI is InChI=1S/C21H18Br2N2O3/c22-17-10-15-16(11-18(17)23)21(28)25(20(15)27)14-8-6-13(7-9-14)24-19(26)12-4-2-1-3-5-12/h1-9,15-18H,10-11H2,(H,24,26)/t15-,16-,17-,18+/m1/s1. The summed E-state index contributed by atoms with van der Waals surface area (Å²) in [6.45, 7) is 0. The number of benzene rings is 2. The van der Waals surface area contributed by atoms with Gasteiger partial charge in [-0.3, -0.25) is 19.3 Å². The maximum Gasteiger partial charge on any atom is 0.255 e. The van der Waals surface area contributed by atoms with Crippen LogP contribution in [0.3, 0.4) is 0 Å². The fraction of sp³-hybridized carbons (Fsp3) is 0.286. The largest absolute Gasteiger partial charge is 0.322 e. The highest BCUT2D eigenvalue weighted by Crippen LogP contribution is 2.44. The molecule has 0 unspecified atom stereocenters. The molecule has 2 fully saturated rings. The lowest BCUT2D eigenvalue weighted by molar-refractivity contribution is -0.122. The van der Waals surface area contributed by atoms with Crippen molar-refractivity contribution < 1.29 is 14.4 Å². The van der Waals surface area contributed by atoms with Crippen molar-refractivity contribution in [1.29, 1.82) is 0 Å². The Hall–Kier alpha value is -1.99. The van der Waals surface area contributed by atoms with E-state index in [-0.39, 0.29) is 39.2 Å². The molecule has 28 heavy (non-hydrogen) atoms. The highest BCUT2D eigenvalue weighted by atomic mass is 79.9. The molecular weight excluding hydrogens is 488 g/mol. The lowest BCUT2D eigenvalue weighted by Crippen LogP contribution is -2.34. The third-order valence-electron chi connectivity index (χ3n) is 5.33. The van der Waals surface area contributed by atoms with Gasteiger partial charge in [-0.15, -0.1) is 0 Å². The Labute approximate surface area is 179 Å². The Morgan fingerprint density at radius 3 is 1.93 bits per heavy atom. The molecule has 0 aromatic heterocycles. The summed E-state index contributed by atoms with van der Waals surface area (Å²) in [6.07, 6.45) is 1.29. The first-order valence-corrected chi connectivity index (χ1v) is 10.9. The molecule has 0 spiro atoms. The molecule has 144 valence electrons. The lowest BCUT2D eigenvalue weighted by atomic mass is 9.81. The molecule has 2 aliphatic rings. The number of nitrogens with one attached hydrogen (secondary N) is 1. The summed E-state index contributed by atoms with van der Waals surface area (Å²) in [7, 11) is 0. The Balaban J connectivity index is 1.50. The molecule has 1 saturated heterocycles. The predicted molar refractivity (Wildman–Crippen MR) is 115 cm³/mol. The second-order valence-corrected chi connectivity index (χ2v) is 9.45. The number of alkyl halides is 2. The summed E-state index contributed by atoms with van der Waals surface area (Å²) >= 11 is 7.19. The van der Waals surface area contributed by atoms with Crippen molar-refractivity contribution in [2.45, 2.75) is 22.5 Å². The number of imide groups is 1. The van der Waals surface area contributed by atoms with Crippen molar-refractivity contribution in [3.8, 4) is 0 Å². The summed E-state index contributed by atoms with van der Waals surface area (Å²) in [5.74, 6) is -1.04. The van der Waals surface area contributed by atoms with Crippen LogP contribution in [0, 0.1) is 11.8 Å². The molecule has 7 heteroatoms. The van der Waals surface area contributed by atoms with E-state index in [2.05, 4.69) is 37.2 Å². The van der Waals surface area contributed by atoms with Crippen LogP contribution < -0.4 is 10.2 Å². The molecule has 2 aromatic rings. The van der Waals surface area contributed by atoms with Crippen LogP contribution in [0.15, 0.2) is 54.6 Å². The Kier molecular flexibility index (Phi) is 5.38. The van der Waals surface area contributed by atoms with Crippen molar-refractivity contribution in [3.05, 3.63) is 60.2 Å². The molecule has 1 heterocycles. The molecule has 5 nitrogen and oxygen atoms in total. The van der Waals surface area contributed by atoms with E-state index in [9.17, 15) is 14.4 Å². The minimum absolute atomic E-state index is 0.139. The Morgan fingerprint density at radius 1 is 0.857 bits per heavy atom. The van der Waals surface area contributed by atoms with Crippen molar-refractivity contribution in [2.24, 2.45) is 11.8 Å². The van der Waals surface area contributed by atoms with E-state index in [1.54, 1.807) is 48.5 Å². The number of hydrogen-bond acceptors (Lipinski definition) is 3. The van der Waals surface area contributed by atoms with Crippen LogP contribution in [0.2, 0.25) is 0 Å². The number of fused-ring (bicyclic) bond motifs is 1. The average Bonchev–Trinajstić information content (AvgIpc) is 2.94. The van der Waals surface area contributed by atoms with Crippen molar-refractivity contribution in [2.75, 3.05) is 10.2 Å². The minimum Gasteiger partial charge on any atom is -0.322 e. The SMILES string of the molecule is O=C(Nc1ccc(N2C(=O)[C@@H]3C[C@@H](Br)[C@@H](Br)C[C@H]3C2=O)cc1)c1ccccc1. The Bertz CT molecular complexity index is 889. The van der Waals surface area contributed by atoms with Gasteiger partial charge in [-0.2, -0.15) is 0 Å². The van der Waals surface area contributed by atoms with Crippen molar-refractivity contribution >= 4 is 61.0 Å². The van der Waals surface area contributed by atoms with Crippen LogP contribution in [0.4, 0.5) is 11.4 Å². The molecule has 0 radical (unpaired) electrons. The van der Waals surface area contributed by atoms with Crippen LogP contribution in [0.1, 0.15) is 23.2 Å². The van der Waals surface area contributed by atoms with Gasteiger partial charge in [0.2, 0.25) is 11.8 Å². The number of nitrogens with zero attached hydrogens (tertiary/aromatic N) is 1. The van der Waals surface area contributed by atoms with Crippen LogP contribution in [-0.4, -0.2) is 27.4 Å². The average molecular weight is 506 g/mol. The van der Waals surface area contributed by atoms with Crippen LogP contribution in [0.25, 0.3) is 0 Å². The third kappa shape index (κ3) is 3.53. The second kappa shape index (κ2) is 7.79. The van der Waals surface area contributed by atoms with Gasteiger partial charge in [-0.25, -0.2) is 0 Å². The van der Waals surface area contributed by atoms with Crippen LogP contribution in [-0.2, 0) is 9.59 Å². The van der Waals surface area contributed by atoms with E-state index < -0.39 is 0 Å². The number of anilines is 2. The van der Waals surface area contributed by atoms with Gasteiger partial charge in [0.05, 0.1) is 17.5 Å². The number of rotatable bonds is 3. The predicted octanol–water partition coefficient (Wildman–Crippen LogP) is 4.37. The van der Waals surface area contributed by atoms with Crippen molar-refractivity contribution in [3.63, 3.8) is 0 Å². The van der Waals surface area contributed by atoms with Gasteiger partial charge in [-0.05, 0) is 49.2 Å². The Morgan fingerprint density at radius 2 is 1.39 bits per heavy atom. The summed E-state index contributed by atoms with van der Waals surface area (Å²) in [6, 6.07) is 15.7. The van der Waals surface area contributed by atoms with E-state index in [0.717, 1.165) is 0 Å². The normalized spacial score (nSPS) is 26.9. The van der Waals surface area contributed by atoms with E-state index >= 15 is 0 Å². The first-order valence-electron chi connectivity index (χ1n) is 9.08. The van der Waals surface area contributed by atoms with E-state index in [1.807, 2.05) is 6.07 Å². The zero-order valence-corrected chi connectivity index (χ0v) is 18.0. The number of hydrogen-bond donors (Lipinski definition) is 1. The highest BCUT2D eigenvalue weighted by Gasteiger charge is 2.52. The quantitative estimate of drug-likeness (QED) is 0.497. The molecule has 2 aromatic carbocycles. The molecule has 4 atom stereocenters. The number of carbonyl (C=O) groups excluding carboxylic acids is 3. The van der Waals surface area contributed by atoms with Crippen molar-refractivity contribution in [1.82, 2.24) is 0 Å². The summed E-state index contributed by atoms with van der Waals surface area (Å²) in [5, 5.41) is 2.82. The van der Waals surface area contributed by atoms with Gasteiger partial charge in [0.25, 0.3) is 5.91 Å². The van der Waals surface area contributed by atoms with E-state index in [0.29, 0.717) is 29.8 Å². The third-order valence-corrected chi connectivity index (χ3v) is 8.06. The fourth-order valence-electron chi connectivity index (χ4n) is 3.84. The summed E-state index contributed by atoms with van der Waals surface area (Å²) in [5.41, 5.74) is 1.71. The molecular formula is C21H18Br2N2O3. The first kappa shape index (κ1) is 19.3. The molecule has 0 bridgehead atoms. The molecule has 1 aliphatic carbocycles. The zero-order chi connectivity index (χ0) is 19.8. The summed E-state index contributed by atoms with van der Waals surface area (Å²) in [4.78, 5) is 39.6. The van der Waals surface area contributed by atoms with Gasteiger partial charge in [0.1, 0.15) is 0 Å². The van der Waals surface area contributed by atoms with Crippen LogP contribution >= 0.6 is 31.9 Å². The molecule has 3 amide bonds. The topological polar surface area (TPSA) is 66.5 Å². The number of amides is 3. The highest BCUT2D eigenvalue weighted by molar-refractivity contribution is 9.12. The van der Waals surface area contributed by atoms with Gasteiger partial charge >= 0.3 is 0 Å². The van der Waals surface area contributed by atoms with Gasteiger partial charge in [-0.1, -0.05) is 50.1 Å². The van der Waals surface area contributed by atoms with E-state index in [4.69, 9.17) is 0 Å². The maximum atomic E-state index is 12.8. The molecule has 1 N–H and O–H groups in total. The smallest absolute Gasteiger partial charge is 0.255 e. The summed E-state index contributed by atoms with van der Waals surface area (Å²) < 4.78 is 0. The van der Waals surface area contributed by atoms with E-state index in [1.165, 1.54) is 4.90 Å². The second-order valence-electron chi connectivity index (χ2n) is 7.10. The fourth-order valence-corrected chi connectivity index (χ4v) is 5.07. The minimum atomic E-state index is -0.275. The maximum absolute atomic E-state index is 12.8.